The lowest BCUT2D eigenvalue weighted by Crippen LogP contribution is -2.41. The van der Waals surface area contributed by atoms with Gasteiger partial charge in [0.2, 0.25) is 0 Å². The number of hydrogen-bond donors (Lipinski definition) is 1. The first kappa shape index (κ1) is 16.3. The SMILES string of the molecule is CN(Cc1nccs1)C1CC12CCN(C(=O)c1c[nH]c(C#N)c1)CC2. The third-order valence-corrected chi connectivity index (χ3v) is 6.41. The summed E-state index contributed by atoms with van der Waals surface area (Å²) in [5, 5.41) is 12.1. The molecule has 1 N–H and O–H groups in total. The highest BCUT2D eigenvalue weighted by Gasteiger charge is 2.56. The predicted molar refractivity (Wildman–Crippen MR) is 95.1 cm³/mol. The molecule has 1 atom stereocenters. The number of nitrogens with zero attached hydrogens (tertiary/aromatic N) is 4. The van der Waals surface area contributed by atoms with Gasteiger partial charge in [0.25, 0.3) is 5.91 Å². The number of amides is 1. The maximum Gasteiger partial charge on any atom is 0.255 e. The van der Waals surface area contributed by atoms with Crippen LogP contribution >= 0.6 is 11.3 Å². The van der Waals surface area contributed by atoms with Crippen LogP contribution in [0.2, 0.25) is 0 Å². The minimum atomic E-state index is 0.0286. The van der Waals surface area contributed by atoms with Crippen molar-refractivity contribution in [3.63, 3.8) is 0 Å². The smallest absolute Gasteiger partial charge is 0.255 e. The molecule has 1 amide bonds. The lowest BCUT2D eigenvalue weighted by atomic mass is 9.92. The maximum absolute atomic E-state index is 12.6. The van der Waals surface area contributed by atoms with E-state index >= 15 is 0 Å². The molecular formula is C18H21N5OS. The molecule has 2 fully saturated rings. The number of nitrogens with one attached hydrogen (secondary N) is 1. The summed E-state index contributed by atoms with van der Waals surface area (Å²) >= 11 is 1.71. The van der Waals surface area contributed by atoms with E-state index in [1.54, 1.807) is 23.6 Å². The number of piperidine rings is 1. The van der Waals surface area contributed by atoms with Gasteiger partial charge in [0.1, 0.15) is 16.8 Å². The monoisotopic (exact) mass is 355 g/mol. The van der Waals surface area contributed by atoms with Crippen molar-refractivity contribution in [2.75, 3.05) is 20.1 Å². The molecule has 3 heterocycles. The van der Waals surface area contributed by atoms with Gasteiger partial charge >= 0.3 is 0 Å². The zero-order valence-corrected chi connectivity index (χ0v) is 15.1. The minimum Gasteiger partial charge on any atom is -0.352 e. The summed E-state index contributed by atoms with van der Waals surface area (Å²) in [5.41, 5.74) is 1.39. The Bertz CT molecular complexity index is 798. The van der Waals surface area contributed by atoms with Crippen LogP contribution in [0.25, 0.3) is 0 Å². The number of rotatable bonds is 4. The van der Waals surface area contributed by atoms with E-state index in [1.165, 1.54) is 6.42 Å². The van der Waals surface area contributed by atoms with E-state index in [9.17, 15) is 4.79 Å². The number of nitriles is 1. The zero-order valence-electron chi connectivity index (χ0n) is 14.2. The number of thiazole rings is 1. The van der Waals surface area contributed by atoms with E-state index in [2.05, 4.69) is 21.9 Å². The summed E-state index contributed by atoms with van der Waals surface area (Å²) in [4.78, 5) is 24.1. The van der Waals surface area contributed by atoms with E-state index in [4.69, 9.17) is 5.26 Å². The van der Waals surface area contributed by atoms with Crippen LogP contribution in [-0.2, 0) is 6.54 Å². The van der Waals surface area contributed by atoms with Crippen LogP contribution in [0.4, 0.5) is 0 Å². The fourth-order valence-corrected chi connectivity index (χ4v) is 4.74. The largest absolute Gasteiger partial charge is 0.352 e. The molecule has 1 unspecified atom stereocenters. The number of H-pyrrole nitrogens is 1. The van der Waals surface area contributed by atoms with Gasteiger partial charge in [-0.1, -0.05) is 0 Å². The van der Waals surface area contributed by atoms with Crippen molar-refractivity contribution in [3.8, 4) is 6.07 Å². The van der Waals surface area contributed by atoms with Gasteiger partial charge in [-0.25, -0.2) is 4.98 Å². The molecule has 130 valence electrons. The number of carbonyl (C=O) groups is 1. The summed E-state index contributed by atoms with van der Waals surface area (Å²) in [5.74, 6) is 0.0286. The molecule has 6 nitrogen and oxygen atoms in total. The molecule has 1 aliphatic heterocycles. The molecule has 0 radical (unpaired) electrons. The van der Waals surface area contributed by atoms with Crippen LogP contribution < -0.4 is 0 Å². The summed E-state index contributed by atoms with van der Waals surface area (Å²) in [6, 6.07) is 4.26. The van der Waals surface area contributed by atoms with Crippen LogP contribution in [0.5, 0.6) is 0 Å². The minimum absolute atomic E-state index is 0.0286. The van der Waals surface area contributed by atoms with Crippen molar-refractivity contribution < 1.29 is 4.79 Å². The Labute approximate surface area is 151 Å². The van der Waals surface area contributed by atoms with Crippen molar-refractivity contribution >= 4 is 17.2 Å². The van der Waals surface area contributed by atoms with E-state index < -0.39 is 0 Å². The molecule has 1 spiro atoms. The highest BCUT2D eigenvalue weighted by atomic mass is 32.1. The van der Waals surface area contributed by atoms with E-state index in [-0.39, 0.29) is 5.91 Å². The molecule has 0 bridgehead atoms. The summed E-state index contributed by atoms with van der Waals surface area (Å²) in [6.45, 7) is 2.51. The number of aromatic amines is 1. The first-order chi connectivity index (χ1) is 12.1. The molecular weight excluding hydrogens is 334 g/mol. The topological polar surface area (TPSA) is 76.0 Å². The molecule has 25 heavy (non-hydrogen) atoms. The quantitative estimate of drug-likeness (QED) is 0.914. The van der Waals surface area contributed by atoms with E-state index in [0.29, 0.717) is 22.7 Å². The second-order valence-electron chi connectivity index (χ2n) is 7.13. The Morgan fingerprint density at radius 1 is 1.56 bits per heavy atom. The Morgan fingerprint density at radius 3 is 3.00 bits per heavy atom. The number of carbonyl (C=O) groups excluding carboxylic acids is 1. The maximum atomic E-state index is 12.6. The summed E-state index contributed by atoms with van der Waals surface area (Å²) < 4.78 is 0. The highest BCUT2D eigenvalue weighted by molar-refractivity contribution is 7.09. The molecule has 7 heteroatoms. The third-order valence-electron chi connectivity index (χ3n) is 5.64. The molecule has 2 aliphatic rings. The predicted octanol–water partition coefficient (Wildman–Crippen LogP) is 2.47. The molecule has 0 aromatic carbocycles. The van der Waals surface area contributed by atoms with Crippen molar-refractivity contribution in [1.82, 2.24) is 19.8 Å². The van der Waals surface area contributed by atoms with Crippen LogP contribution in [0.1, 0.15) is 40.3 Å². The summed E-state index contributed by atoms with van der Waals surface area (Å²) in [6.07, 6.45) is 6.83. The van der Waals surface area contributed by atoms with Gasteiger partial charge in [-0.05, 0) is 37.8 Å². The van der Waals surface area contributed by atoms with Gasteiger partial charge in [0, 0.05) is 36.9 Å². The van der Waals surface area contributed by atoms with E-state index in [0.717, 1.165) is 37.5 Å². The fraction of sp³-hybridized carbons (Fsp3) is 0.500. The van der Waals surface area contributed by atoms with Crippen molar-refractivity contribution in [2.24, 2.45) is 5.41 Å². The van der Waals surface area contributed by atoms with Gasteiger partial charge in [0.05, 0.1) is 12.1 Å². The molecule has 2 aromatic heterocycles. The molecule has 1 saturated heterocycles. The van der Waals surface area contributed by atoms with Crippen molar-refractivity contribution in [3.05, 3.63) is 40.1 Å². The van der Waals surface area contributed by atoms with Crippen LogP contribution in [0.15, 0.2) is 23.8 Å². The molecule has 1 saturated carbocycles. The lowest BCUT2D eigenvalue weighted by molar-refractivity contribution is 0.0658. The van der Waals surface area contributed by atoms with Gasteiger partial charge in [-0.15, -0.1) is 11.3 Å². The van der Waals surface area contributed by atoms with Gasteiger partial charge in [0.15, 0.2) is 0 Å². The standard InChI is InChI=1S/C18H21N5OS/c1-22(12-16-20-4-7-25-16)15-9-18(15)2-5-23(6-3-18)17(24)13-8-14(10-19)21-11-13/h4,7-8,11,15,21H,2-3,5-6,9,12H2,1H3. The van der Waals surface area contributed by atoms with Crippen LogP contribution in [0, 0.1) is 16.7 Å². The number of hydrogen-bond acceptors (Lipinski definition) is 5. The fourth-order valence-electron chi connectivity index (χ4n) is 4.06. The summed E-state index contributed by atoms with van der Waals surface area (Å²) in [7, 11) is 2.18. The van der Waals surface area contributed by atoms with Gasteiger partial charge in [-0.2, -0.15) is 5.26 Å². The first-order valence-corrected chi connectivity index (χ1v) is 9.46. The van der Waals surface area contributed by atoms with E-state index in [1.807, 2.05) is 22.5 Å². The van der Waals surface area contributed by atoms with Gasteiger partial charge in [-0.3, -0.25) is 9.69 Å². The number of likely N-dealkylation sites (tertiary alicyclic amines) is 1. The van der Waals surface area contributed by atoms with Crippen LogP contribution in [-0.4, -0.2) is 51.9 Å². The number of aromatic nitrogens is 2. The van der Waals surface area contributed by atoms with Crippen molar-refractivity contribution in [1.29, 1.82) is 5.26 Å². The Hall–Kier alpha value is -2.17. The van der Waals surface area contributed by atoms with Gasteiger partial charge < -0.3 is 9.88 Å². The average Bonchev–Trinajstić information content (AvgIpc) is 3.02. The zero-order chi connectivity index (χ0) is 17.4. The molecule has 4 rings (SSSR count). The Balaban J connectivity index is 1.33. The highest BCUT2D eigenvalue weighted by Crippen LogP contribution is 2.56. The normalized spacial score (nSPS) is 21.5. The second-order valence-corrected chi connectivity index (χ2v) is 8.11. The molecule has 2 aromatic rings. The second kappa shape index (κ2) is 6.28. The van der Waals surface area contributed by atoms with Crippen LogP contribution in [0.3, 0.4) is 0 Å². The third kappa shape index (κ3) is 3.08. The lowest BCUT2D eigenvalue weighted by Gasteiger charge is -2.34. The Kier molecular flexibility index (Phi) is 4.10. The van der Waals surface area contributed by atoms with Crippen molar-refractivity contribution in [2.45, 2.75) is 31.8 Å². The molecule has 1 aliphatic carbocycles. The first-order valence-electron chi connectivity index (χ1n) is 8.58. The average molecular weight is 355 g/mol. The Morgan fingerprint density at radius 2 is 2.36 bits per heavy atom.